The first-order valence-corrected chi connectivity index (χ1v) is 12.1. The van der Waals surface area contributed by atoms with Gasteiger partial charge in [-0.25, -0.2) is 13.8 Å². The third kappa shape index (κ3) is 6.77. The molecule has 8 heteroatoms. The fraction of sp³-hybridized carbons (Fsp3) is 0.429. The summed E-state index contributed by atoms with van der Waals surface area (Å²) in [7, 11) is 1.48. The van der Waals surface area contributed by atoms with Crippen molar-refractivity contribution in [3.8, 4) is 11.3 Å². The molecule has 2 aromatic carbocycles. The number of amides is 1. The Morgan fingerprint density at radius 2 is 1.86 bits per heavy atom. The first-order chi connectivity index (χ1) is 17.0. The normalized spacial score (nSPS) is 13.4. The fourth-order valence-electron chi connectivity index (χ4n) is 4.32. The van der Waals surface area contributed by atoms with Gasteiger partial charge >= 0.3 is 0 Å². The van der Waals surface area contributed by atoms with Crippen LogP contribution in [0.15, 0.2) is 54.7 Å². The number of nitrogens with two attached hydrogens (primary N) is 1. The molecule has 0 spiro atoms. The maximum absolute atomic E-state index is 14.7. The van der Waals surface area contributed by atoms with E-state index in [0.29, 0.717) is 31.0 Å². The Morgan fingerprint density at radius 1 is 1.17 bits per heavy atom. The predicted octanol–water partition coefficient (Wildman–Crippen LogP) is 5.18. The smallest absolute Gasteiger partial charge is 0.249 e. The van der Waals surface area contributed by atoms with Crippen LogP contribution < -0.4 is 5.73 Å². The summed E-state index contributed by atoms with van der Waals surface area (Å²) in [5.41, 5.74) is 6.98. The van der Waals surface area contributed by atoms with E-state index in [4.69, 9.17) is 15.5 Å². The highest BCUT2D eigenvalue weighted by molar-refractivity contribution is 5.78. The number of carbonyl (C=O) groups is 1. The van der Waals surface area contributed by atoms with Gasteiger partial charge in [-0.05, 0) is 42.5 Å². The number of ether oxygens (including phenoxy) is 1. The highest BCUT2D eigenvalue weighted by atomic mass is 19.1. The number of benzene rings is 2. The van der Waals surface area contributed by atoms with Crippen LogP contribution in [0.3, 0.4) is 0 Å². The van der Waals surface area contributed by atoms with E-state index in [1.54, 1.807) is 11.1 Å². The van der Waals surface area contributed by atoms with Crippen molar-refractivity contribution in [3.05, 3.63) is 77.8 Å². The zero-order chi connectivity index (χ0) is 26.5. The van der Waals surface area contributed by atoms with Crippen molar-refractivity contribution < 1.29 is 18.3 Å². The molecule has 0 aliphatic rings. The Kier molecular flexibility index (Phi) is 8.98. The van der Waals surface area contributed by atoms with Gasteiger partial charge in [0, 0.05) is 38.0 Å². The minimum absolute atomic E-state index is 0.0704. The van der Waals surface area contributed by atoms with Crippen LogP contribution in [-0.2, 0) is 16.1 Å². The van der Waals surface area contributed by atoms with Crippen LogP contribution in [0.4, 0.5) is 8.78 Å². The van der Waals surface area contributed by atoms with E-state index in [0.717, 1.165) is 23.8 Å². The number of methoxy groups -OCH3 is 1. The van der Waals surface area contributed by atoms with Crippen molar-refractivity contribution >= 4 is 5.91 Å². The van der Waals surface area contributed by atoms with Crippen LogP contribution in [0.5, 0.6) is 0 Å². The Balaban J connectivity index is 2.20. The van der Waals surface area contributed by atoms with Gasteiger partial charge in [0.25, 0.3) is 0 Å². The molecule has 0 fully saturated rings. The lowest BCUT2D eigenvalue weighted by Gasteiger charge is -2.40. The number of halogens is 2. The van der Waals surface area contributed by atoms with Gasteiger partial charge in [0.05, 0.1) is 11.7 Å². The van der Waals surface area contributed by atoms with Crippen LogP contribution in [-0.4, -0.2) is 46.7 Å². The van der Waals surface area contributed by atoms with E-state index in [9.17, 15) is 13.6 Å². The molecule has 0 aliphatic carbocycles. The van der Waals surface area contributed by atoms with Crippen molar-refractivity contribution in [2.24, 2.45) is 11.1 Å². The fourth-order valence-corrected chi connectivity index (χ4v) is 4.32. The van der Waals surface area contributed by atoms with Crippen LogP contribution in [0.2, 0.25) is 0 Å². The molecule has 194 valence electrons. The van der Waals surface area contributed by atoms with Crippen LogP contribution in [0.25, 0.3) is 11.3 Å². The molecule has 3 aromatic rings. The molecule has 1 aromatic heterocycles. The Labute approximate surface area is 212 Å². The maximum atomic E-state index is 14.7. The SMILES string of the molecule is COCC(=O)N(CC[C@@H](C)N)[C@@H](c1nc(-c2cc(F)ccc2F)cn1Cc1ccccc1)C(C)(C)C. The first kappa shape index (κ1) is 27.5. The van der Waals surface area contributed by atoms with Gasteiger partial charge in [-0.3, -0.25) is 4.79 Å². The highest BCUT2D eigenvalue weighted by Gasteiger charge is 2.38. The number of hydrogen-bond acceptors (Lipinski definition) is 4. The van der Waals surface area contributed by atoms with E-state index in [1.807, 2.05) is 62.6 Å². The van der Waals surface area contributed by atoms with Crippen molar-refractivity contribution in [1.82, 2.24) is 14.5 Å². The van der Waals surface area contributed by atoms with E-state index in [1.165, 1.54) is 7.11 Å². The summed E-state index contributed by atoms with van der Waals surface area (Å²) in [6.45, 7) is 8.75. The molecular weight excluding hydrogens is 462 g/mol. The van der Waals surface area contributed by atoms with Gasteiger partial charge in [-0.2, -0.15) is 0 Å². The van der Waals surface area contributed by atoms with Crippen LogP contribution in [0, 0.1) is 17.0 Å². The zero-order valence-corrected chi connectivity index (χ0v) is 21.7. The topological polar surface area (TPSA) is 73.4 Å². The Morgan fingerprint density at radius 3 is 2.47 bits per heavy atom. The largest absolute Gasteiger partial charge is 0.375 e. The van der Waals surface area contributed by atoms with E-state index >= 15 is 0 Å². The second kappa shape index (κ2) is 11.8. The van der Waals surface area contributed by atoms with Crippen molar-refractivity contribution in [3.63, 3.8) is 0 Å². The van der Waals surface area contributed by atoms with E-state index in [2.05, 4.69) is 0 Å². The summed E-state index contributed by atoms with van der Waals surface area (Å²) >= 11 is 0. The monoisotopic (exact) mass is 498 g/mol. The molecular formula is C28H36F2N4O2. The molecule has 2 N–H and O–H groups in total. The second-order valence-electron chi connectivity index (χ2n) is 10.3. The molecule has 0 bridgehead atoms. The molecule has 0 radical (unpaired) electrons. The first-order valence-electron chi connectivity index (χ1n) is 12.1. The van der Waals surface area contributed by atoms with Gasteiger partial charge in [0.2, 0.25) is 5.91 Å². The van der Waals surface area contributed by atoms with E-state index in [-0.39, 0.29) is 24.1 Å². The molecule has 0 aliphatic heterocycles. The molecule has 6 nitrogen and oxygen atoms in total. The van der Waals surface area contributed by atoms with Crippen molar-refractivity contribution in [2.45, 2.75) is 52.7 Å². The number of hydrogen-bond donors (Lipinski definition) is 1. The second-order valence-corrected chi connectivity index (χ2v) is 10.3. The quantitative estimate of drug-likeness (QED) is 0.418. The minimum atomic E-state index is -0.566. The number of carbonyl (C=O) groups excluding carboxylic acids is 1. The lowest BCUT2D eigenvalue weighted by molar-refractivity contribution is -0.140. The van der Waals surface area contributed by atoms with E-state index < -0.39 is 23.1 Å². The van der Waals surface area contributed by atoms with Crippen LogP contribution >= 0.6 is 0 Å². The van der Waals surface area contributed by atoms with Gasteiger partial charge in [0.15, 0.2) is 0 Å². The summed E-state index contributed by atoms with van der Waals surface area (Å²) < 4.78 is 35.9. The average molecular weight is 499 g/mol. The summed E-state index contributed by atoms with van der Waals surface area (Å²) in [6.07, 6.45) is 2.32. The van der Waals surface area contributed by atoms with Gasteiger partial charge in [0.1, 0.15) is 24.1 Å². The molecule has 0 saturated carbocycles. The Bertz CT molecular complexity index is 1160. The summed E-state index contributed by atoms with van der Waals surface area (Å²) in [4.78, 5) is 19.9. The number of aromatic nitrogens is 2. The minimum Gasteiger partial charge on any atom is -0.375 e. The number of rotatable bonds is 10. The number of imidazole rings is 1. The zero-order valence-electron chi connectivity index (χ0n) is 21.7. The molecule has 0 saturated heterocycles. The van der Waals surface area contributed by atoms with Gasteiger partial charge in [-0.15, -0.1) is 0 Å². The van der Waals surface area contributed by atoms with Crippen LogP contribution in [0.1, 0.15) is 51.5 Å². The predicted molar refractivity (Wildman–Crippen MR) is 137 cm³/mol. The highest BCUT2D eigenvalue weighted by Crippen LogP contribution is 2.39. The number of nitrogens with zero attached hydrogens (tertiary/aromatic N) is 3. The molecule has 36 heavy (non-hydrogen) atoms. The molecule has 2 atom stereocenters. The maximum Gasteiger partial charge on any atom is 0.249 e. The summed E-state index contributed by atoms with van der Waals surface area (Å²) in [5, 5.41) is 0. The molecule has 0 unspecified atom stereocenters. The summed E-state index contributed by atoms with van der Waals surface area (Å²) in [6, 6.07) is 12.5. The molecule has 3 rings (SSSR count). The lowest BCUT2D eigenvalue weighted by Crippen LogP contribution is -2.45. The standard InChI is InChI=1S/C28H36F2N4O2/c1-19(31)13-14-34(25(35)18-36-5)26(28(2,3)4)27-32-24(22-15-21(29)11-12-23(22)30)17-33(27)16-20-9-7-6-8-10-20/h6-12,15,17,19,26H,13-14,16,18,31H2,1-5H3/t19-,26+/m1/s1. The molecule has 1 amide bonds. The third-order valence-electron chi connectivity index (χ3n) is 6.00. The van der Waals surface area contributed by atoms with Gasteiger partial charge < -0.3 is 19.9 Å². The summed E-state index contributed by atoms with van der Waals surface area (Å²) in [5.74, 6) is -0.722. The molecule has 1 heterocycles. The van der Waals surface area contributed by atoms with Crippen molar-refractivity contribution in [2.75, 3.05) is 20.3 Å². The lowest BCUT2D eigenvalue weighted by atomic mass is 9.84. The van der Waals surface area contributed by atoms with Gasteiger partial charge in [-0.1, -0.05) is 51.1 Å². The third-order valence-corrected chi connectivity index (χ3v) is 6.00. The Hall–Kier alpha value is -3.10. The average Bonchev–Trinajstić information content (AvgIpc) is 3.20. The van der Waals surface area contributed by atoms with Crippen molar-refractivity contribution in [1.29, 1.82) is 0 Å².